The molecule has 0 aromatic carbocycles. The average Bonchev–Trinajstić information content (AvgIpc) is 2.67. The second kappa shape index (κ2) is 3.54. The lowest BCUT2D eigenvalue weighted by Crippen LogP contribution is -2.40. The summed E-state index contributed by atoms with van der Waals surface area (Å²) in [4.78, 5) is 23.7. The maximum Gasteiger partial charge on any atom is 0.334 e. The molecule has 2 heterocycles. The number of ether oxygens (including phenoxy) is 1. The van der Waals surface area contributed by atoms with Crippen LogP contribution in [0.15, 0.2) is 11.8 Å². The van der Waals surface area contributed by atoms with Crippen LogP contribution >= 0.6 is 0 Å². The minimum Gasteiger partial charge on any atom is -0.479 e. The number of carboxylic acids is 1. The lowest BCUT2D eigenvalue weighted by molar-refractivity contribution is -0.146. The van der Waals surface area contributed by atoms with Crippen LogP contribution in [0, 0.1) is 0 Å². The van der Waals surface area contributed by atoms with Crippen molar-refractivity contribution >= 4 is 11.9 Å². The fourth-order valence-corrected chi connectivity index (χ4v) is 1.98. The Morgan fingerprint density at radius 3 is 3.07 bits per heavy atom. The predicted octanol–water partition coefficient (Wildman–Crippen LogP) is -0.739. The first-order chi connectivity index (χ1) is 7.15. The molecule has 0 unspecified atom stereocenters. The summed E-state index contributed by atoms with van der Waals surface area (Å²) < 4.78 is 5.38. The van der Waals surface area contributed by atoms with Crippen LogP contribution in [-0.4, -0.2) is 40.7 Å². The van der Waals surface area contributed by atoms with Crippen LogP contribution in [0.25, 0.3) is 0 Å². The van der Waals surface area contributed by atoms with E-state index < -0.39 is 18.2 Å². The Hall–Kier alpha value is -1.56. The van der Waals surface area contributed by atoms with Gasteiger partial charge in [-0.05, 0) is 6.08 Å². The molecule has 0 radical (unpaired) electrons. The first-order valence-corrected chi connectivity index (χ1v) is 4.76. The molecule has 3 N–H and O–H groups in total. The van der Waals surface area contributed by atoms with Crippen LogP contribution in [0.5, 0.6) is 0 Å². The van der Waals surface area contributed by atoms with Gasteiger partial charge in [-0.25, -0.2) is 4.79 Å². The van der Waals surface area contributed by atoms with Crippen LogP contribution in [-0.2, 0) is 14.3 Å². The van der Waals surface area contributed by atoms with E-state index in [1.807, 2.05) is 0 Å². The third kappa shape index (κ3) is 1.46. The van der Waals surface area contributed by atoms with Gasteiger partial charge in [-0.15, -0.1) is 0 Å². The lowest BCUT2D eigenvalue weighted by atomic mass is 10.2. The molecule has 2 fully saturated rings. The first kappa shape index (κ1) is 9.97. The fourth-order valence-electron chi connectivity index (χ4n) is 1.98. The molecule has 0 bridgehead atoms. The van der Waals surface area contributed by atoms with E-state index in [-0.39, 0.29) is 18.2 Å². The number of amides is 1. The standard InChI is InChI=1S/C9H12N2O4/c10-4-3-5-8(9(13)14)11-6(12)1-2-7(11)15-5/h3,7-8H,1-2,4,10H2,(H,13,14)/b5-3+/t7-,8-/m0/s1. The molecular weight excluding hydrogens is 200 g/mol. The van der Waals surface area contributed by atoms with Crippen molar-refractivity contribution in [1.82, 2.24) is 4.90 Å². The predicted molar refractivity (Wildman–Crippen MR) is 49.5 cm³/mol. The highest BCUT2D eigenvalue weighted by molar-refractivity contribution is 5.88. The molecule has 0 spiro atoms. The Labute approximate surface area is 86.3 Å². The van der Waals surface area contributed by atoms with E-state index in [1.165, 1.54) is 11.0 Å². The van der Waals surface area contributed by atoms with E-state index in [2.05, 4.69) is 0 Å². The Kier molecular flexibility index (Phi) is 2.36. The van der Waals surface area contributed by atoms with E-state index >= 15 is 0 Å². The van der Waals surface area contributed by atoms with Crippen molar-refractivity contribution in [3.8, 4) is 0 Å². The summed E-state index contributed by atoms with van der Waals surface area (Å²) in [6.07, 6.45) is 1.98. The molecule has 2 rings (SSSR count). The number of nitrogens with zero attached hydrogens (tertiary/aromatic N) is 1. The quantitative estimate of drug-likeness (QED) is 0.629. The van der Waals surface area contributed by atoms with E-state index in [1.54, 1.807) is 0 Å². The Morgan fingerprint density at radius 1 is 1.73 bits per heavy atom. The highest BCUT2D eigenvalue weighted by Gasteiger charge is 2.49. The Bertz CT molecular complexity index is 339. The molecule has 2 aliphatic rings. The number of rotatable bonds is 2. The molecule has 0 saturated carbocycles. The number of fused-ring (bicyclic) bond motifs is 1. The number of hydrogen-bond acceptors (Lipinski definition) is 4. The maximum atomic E-state index is 11.4. The molecule has 1 amide bonds. The maximum absolute atomic E-state index is 11.4. The molecule has 15 heavy (non-hydrogen) atoms. The Balaban J connectivity index is 2.30. The van der Waals surface area contributed by atoms with Gasteiger partial charge in [0.25, 0.3) is 0 Å². The monoisotopic (exact) mass is 212 g/mol. The van der Waals surface area contributed by atoms with Gasteiger partial charge in [-0.1, -0.05) is 0 Å². The summed E-state index contributed by atoms with van der Waals surface area (Å²) >= 11 is 0. The minimum atomic E-state index is -1.08. The minimum absolute atomic E-state index is 0.173. The molecule has 0 aromatic heterocycles. The van der Waals surface area contributed by atoms with Crippen molar-refractivity contribution in [3.63, 3.8) is 0 Å². The summed E-state index contributed by atoms with van der Waals surface area (Å²) in [5, 5.41) is 9.02. The summed E-state index contributed by atoms with van der Waals surface area (Å²) in [5.74, 6) is -0.969. The molecular formula is C9H12N2O4. The average molecular weight is 212 g/mol. The second-order valence-corrected chi connectivity index (χ2v) is 3.50. The molecule has 82 valence electrons. The van der Waals surface area contributed by atoms with E-state index in [0.717, 1.165) is 0 Å². The number of nitrogens with two attached hydrogens (primary N) is 1. The van der Waals surface area contributed by atoms with Crippen molar-refractivity contribution in [3.05, 3.63) is 11.8 Å². The number of carbonyl (C=O) groups is 2. The summed E-state index contributed by atoms with van der Waals surface area (Å²) in [7, 11) is 0. The van der Waals surface area contributed by atoms with E-state index in [9.17, 15) is 9.59 Å². The molecule has 2 aliphatic heterocycles. The van der Waals surface area contributed by atoms with Crippen LogP contribution in [0.1, 0.15) is 12.8 Å². The molecule has 2 atom stereocenters. The molecule has 0 aromatic rings. The topological polar surface area (TPSA) is 92.9 Å². The first-order valence-electron chi connectivity index (χ1n) is 4.76. The van der Waals surface area contributed by atoms with Gasteiger partial charge in [0.15, 0.2) is 12.3 Å². The zero-order chi connectivity index (χ0) is 11.0. The molecule has 6 nitrogen and oxygen atoms in total. The SMILES string of the molecule is NC/C=C1/O[C@H]2CCC(=O)N2[C@@H]1C(=O)O. The summed E-state index contributed by atoms with van der Waals surface area (Å²) in [6.45, 7) is 0.202. The third-order valence-corrected chi connectivity index (χ3v) is 2.58. The third-order valence-electron chi connectivity index (χ3n) is 2.58. The van der Waals surface area contributed by atoms with Gasteiger partial charge in [-0.2, -0.15) is 0 Å². The lowest BCUT2D eigenvalue weighted by Gasteiger charge is -2.16. The van der Waals surface area contributed by atoms with E-state index in [4.69, 9.17) is 15.6 Å². The number of hydrogen-bond donors (Lipinski definition) is 2. The van der Waals surface area contributed by atoms with Gasteiger partial charge in [-0.3, -0.25) is 9.69 Å². The van der Waals surface area contributed by atoms with Crippen molar-refractivity contribution in [2.45, 2.75) is 25.1 Å². The van der Waals surface area contributed by atoms with Crippen molar-refractivity contribution in [2.24, 2.45) is 5.73 Å². The summed E-state index contributed by atoms with van der Waals surface area (Å²) in [6, 6.07) is -0.992. The van der Waals surface area contributed by atoms with Gasteiger partial charge in [0.1, 0.15) is 5.76 Å². The number of aliphatic carboxylic acids is 1. The zero-order valence-corrected chi connectivity index (χ0v) is 8.05. The van der Waals surface area contributed by atoms with Crippen molar-refractivity contribution in [1.29, 1.82) is 0 Å². The fraction of sp³-hybridized carbons (Fsp3) is 0.556. The van der Waals surface area contributed by atoms with Crippen LogP contribution in [0.4, 0.5) is 0 Å². The van der Waals surface area contributed by atoms with Gasteiger partial charge in [0.2, 0.25) is 5.91 Å². The molecule has 6 heteroatoms. The van der Waals surface area contributed by atoms with Gasteiger partial charge >= 0.3 is 5.97 Å². The Morgan fingerprint density at radius 2 is 2.47 bits per heavy atom. The molecule has 0 aliphatic carbocycles. The van der Waals surface area contributed by atoms with Gasteiger partial charge < -0.3 is 15.6 Å². The van der Waals surface area contributed by atoms with Crippen molar-refractivity contribution < 1.29 is 19.4 Å². The number of carboxylic acid groups (broad SMARTS) is 1. The highest BCUT2D eigenvalue weighted by Crippen LogP contribution is 2.34. The normalized spacial score (nSPS) is 31.9. The van der Waals surface area contributed by atoms with Gasteiger partial charge in [0, 0.05) is 19.4 Å². The number of carbonyl (C=O) groups excluding carboxylic acids is 1. The van der Waals surface area contributed by atoms with Crippen LogP contribution in [0.2, 0.25) is 0 Å². The van der Waals surface area contributed by atoms with E-state index in [0.29, 0.717) is 12.8 Å². The molecule has 2 saturated heterocycles. The van der Waals surface area contributed by atoms with Crippen LogP contribution in [0.3, 0.4) is 0 Å². The van der Waals surface area contributed by atoms with Crippen LogP contribution < -0.4 is 5.73 Å². The zero-order valence-electron chi connectivity index (χ0n) is 8.05. The smallest absolute Gasteiger partial charge is 0.334 e. The summed E-state index contributed by atoms with van der Waals surface area (Å²) in [5.41, 5.74) is 5.30. The van der Waals surface area contributed by atoms with Crippen molar-refractivity contribution in [2.75, 3.05) is 6.54 Å². The second-order valence-electron chi connectivity index (χ2n) is 3.50. The highest BCUT2D eigenvalue weighted by atomic mass is 16.5. The van der Waals surface area contributed by atoms with Gasteiger partial charge in [0.05, 0.1) is 0 Å². The largest absolute Gasteiger partial charge is 0.479 e.